The molecule has 0 fully saturated rings. The van der Waals surface area contributed by atoms with Crippen LogP contribution in [0.3, 0.4) is 0 Å². The number of hydrogen-bond acceptors (Lipinski definition) is 2. The second-order valence-corrected chi connectivity index (χ2v) is 3.23. The minimum Gasteiger partial charge on any atom is -0.464 e. The molecular weight excluding hydrogens is 202 g/mol. The van der Waals surface area contributed by atoms with Crippen molar-refractivity contribution in [3.8, 4) is 0 Å². The number of rotatable bonds is 1. The number of ether oxygens (including phenoxy) is 1. The summed E-state index contributed by atoms with van der Waals surface area (Å²) in [5.74, 6) is -0.453. The van der Waals surface area contributed by atoms with Crippen LogP contribution in [0, 0.1) is 0 Å². The molecule has 0 saturated heterocycles. The predicted octanol–water partition coefficient (Wildman–Crippen LogP) is 2.61. The highest BCUT2D eigenvalue weighted by Crippen LogP contribution is 2.27. The van der Waals surface area contributed by atoms with Gasteiger partial charge in [-0.25, -0.2) is 4.79 Å². The Morgan fingerprint density at radius 1 is 1.43 bits per heavy atom. The number of nitrogens with one attached hydrogen (secondary N) is 1. The van der Waals surface area contributed by atoms with E-state index >= 15 is 0 Å². The van der Waals surface area contributed by atoms with Crippen molar-refractivity contribution < 1.29 is 9.53 Å². The molecule has 0 aliphatic heterocycles. The van der Waals surface area contributed by atoms with Gasteiger partial charge >= 0.3 is 5.97 Å². The Morgan fingerprint density at radius 2 is 2.14 bits per heavy atom. The van der Waals surface area contributed by atoms with E-state index in [0.29, 0.717) is 10.7 Å². The first-order valence-electron chi connectivity index (χ1n) is 4.08. The van der Waals surface area contributed by atoms with Gasteiger partial charge in [-0.1, -0.05) is 29.8 Å². The smallest absolute Gasteiger partial charge is 0.356 e. The molecule has 0 atom stereocenters. The van der Waals surface area contributed by atoms with E-state index in [9.17, 15) is 4.79 Å². The van der Waals surface area contributed by atoms with Gasteiger partial charge in [0.05, 0.1) is 12.1 Å². The second-order valence-electron chi connectivity index (χ2n) is 2.85. The summed E-state index contributed by atoms with van der Waals surface area (Å²) in [6.45, 7) is 0. The lowest BCUT2D eigenvalue weighted by molar-refractivity contribution is 0.0595. The quantitative estimate of drug-likeness (QED) is 0.734. The fourth-order valence-electron chi connectivity index (χ4n) is 1.35. The average molecular weight is 210 g/mol. The Bertz CT molecular complexity index is 490. The van der Waals surface area contributed by atoms with Gasteiger partial charge in [0.1, 0.15) is 5.69 Å². The highest BCUT2D eigenvalue weighted by molar-refractivity contribution is 6.38. The Morgan fingerprint density at radius 3 is 2.79 bits per heavy atom. The van der Waals surface area contributed by atoms with E-state index in [4.69, 9.17) is 11.6 Å². The molecule has 72 valence electrons. The van der Waals surface area contributed by atoms with Gasteiger partial charge in [-0.3, -0.25) is 0 Å². The molecule has 0 aliphatic carbocycles. The number of aromatic amines is 1. The van der Waals surface area contributed by atoms with Crippen molar-refractivity contribution >= 4 is 28.5 Å². The molecule has 0 spiro atoms. The molecule has 3 nitrogen and oxygen atoms in total. The van der Waals surface area contributed by atoms with Gasteiger partial charge < -0.3 is 9.72 Å². The molecule has 4 heteroatoms. The Labute approximate surface area is 85.6 Å². The van der Waals surface area contributed by atoms with Crippen molar-refractivity contribution in [2.45, 2.75) is 0 Å². The van der Waals surface area contributed by atoms with Gasteiger partial charge in [-0.15, -0.1) is 0 Å². The summed E-state index contributed by atoms with van der Waals surface area (Å²) < 4.78 is 4.59. The van der Waals surface area contributed by atoms with E-state index in [1.807, 2.05) is 24.3 Å². The van der Waals surface area contributed by atoms with Crippen molar-refractivity contribution in [1.29, 1.82) is 0 Å². The van der Waals surface area contributed by atoms with E-state index in [0.717, 1.165) is 10.9 Å². The fourth-order valence-corrected chi connectivity index (χ4v) is 1.64. The zero-order chi connectivity index (χ0) is 10.1. The predicted molar refractivity (Wildman–Crippen MR) is 54.6 cm³/mol. The summed E-state index contributed by atoms with van der Waals surface area (Å²) >= 11 is 6.00. The number of para-hydroxylation sites is 1. The summed E-state index contributed by atoms with van der Waals surface area (Å²) in [5.41, 5.74) is 1.13. The van der Waals surface area contributed by atoms with Gasteiger partial charge in [-0.05, 0) is 6.07 Å². The molecular formula is C10H8ClNO2. The molecule has 2 rings (SSSR count). The van der Waals surface area contributed by atoms with Gasteiger partial charge in [-0.2, -0.15) is 0 Å². The lowest BCUT2D eigenvalue weighted by atomic mass is 10.2. The van der Waals surface area contributed by atoms with Crippen LogP contribution in [0.25, 0.3) is 10.9 Å². The number of carbonyl (C=O) groups excluding carboxylic acids is 1. The number of esters is 1. The molecule has 1 heterocycles. The van der Waals surface area contributed by atoms with Crippen LogP contribution in [0.5, 0.6) is 0 Å². The molecule has 0 saturated carbocycles. The molecule has 1 N–H and O–H groups in total. The largest absolute Gasteiger partial charge is 0.464 e. The first kappa shape index (κ1) is 9.09. The number of halogens is 1. The molecule has 0 aliphatic rings. The zero-order valence-corrected chi connectivity index (χ0v) is 8.26. The highest BCUT2D eigenvalue weighted by atomic mass is 35.5. The van der Waals surface area contributed by atoms with Crippen LogP contribution in [-0.4, -0.2) is 18.1 Å². The van der Waals surface area contributed by atoms with Crippen LogP contribution < -0.4 is 0 Å². The van der Waals surface area contributed by atoms with E-state index in [1.54, 1.807) is 0 Å². The topological polar surface area (TPSA) is 42.1 Å². The van der Waals surface area contributed by atoms with E-state index < -0.39 is 5.97 Å². The SMILES string of the molecule is COC(=O)c1[nH]c2ccccc2c1Cl. The number of benzene rings is 1. The molecule has 0 bridgehead atoms. The normalized spacial score (nSPS) is 10.4. The van der Waals surface area contributed by atoms with E-state index in [-0.39, 0.29) is 0 Å². The molecule has 1 aromatic carbocycles. The molecule has 14 heavy (non-hydrogen) atoms. The fraction of sp³-hybridized carbons (Fsp3) is 0.100. The standard InChI is InChI=1S/C10H8ClNO2/c1-14-10(13)9-8(11)6-4-2-3-5-7(6)12-9/h2-5,12H,1H3. The summed E-state index contributed by atoms with van der Waals surface area (Å²) in [6, 6.07) is 7.44. The summed E-state index contributed by atoms with van der Waals surface area (Å²) in [5, 5.41) is 1.24. The van der Waals surface area contributed by atoms with Crippen molar-refractivity contribution in [2.75, 3.05) is 7.11 Å². The Hall–Kier alpha value is -1.48. The van der Waals surface area contributed by atoms with Crippen LogP contribution in [-0.2, 0) is 4.74 Å². The van der Waals surface area contributed by atoms with Crippen LogP contribution in [0.4, 0.5) is 0 Å². The van der Waals surface area contributed by atoms with Gasteiger partial charge in [0, 0.05) is 10.9 Å². The van der Waals surface area contributed by atoms with Gasteiger partial charge in [0.2, 0.25) is 0 Å². The monoisotopic (exact) mass is 209 g/mol. The number of fused-ring (bicyclic) bond motifs is 1. The summed E-state index contributed by atoms with van der Waals surface area (Å²) in [6.07, 6.45) is 0. The zero-order valence-electron chi connectivity index (χ0n) is 7.50. The Kier molecular flexibility index (Phi) is 2.17. The lowest BCUT2D eigenvalue weighted by Gasteiger charge is -1.94. The van der Waals surface area contributed by atoms with Crippen LogP contribution >= 0.6 is 11.6 Å². The molecule has 1 aromatic heterocycles. The minimum absolute atomic E-state index is 0.301. The van der Waals surface area contributed by atoms with Gasteiger partial charge in [0.25, 0.3) is 0 Å². The van der Waals surface area contributed by atoms with Crippen molar-refractivity contribution in [3.05, 3.63) is 35.0 Å². The molecule has 2 aromatic rings. The number of aromatic nitrogens is 1. The molecule has 0 amide bonds. The van der Waals surface area contributed by atoms with Gasteiger partial charge in [0.15, 0.2) is 0 Å². The average Bonchev–Trinajstić information content (AvgIpc) is 2.56. The first-order valence-corrected chi connectivity index (χ1v) is 4.46. The lowest BCUT2D eigenvalue weighted by Crippen LogP contribution is -2.01. The minimum atomic E-state index is -0.453. The van der Waals surface area contributed by atoms with Crippen molar-refractivity contribution in [1.82, 2.24) is 4.98 Å². The van der Waals surface area contributed by atoms with Crippen LogP contribution in [0.1, 0.15) is 10.5 Å². The third-order valence-electron chi connectivity index (χ3n) is 2.03. The second kappa shape index (κ2) is 3.35. The first-order chi connectivity index (χ1) is 6.74. The highest BCUT2D eigenvalue weighted by Gasteiger charge is 2.15. The maximum absolute atomic E-state index is 11.3. The van der Waals surface area contributed by atoms with Crippen molar-refractivity contribution in [2.24, 2.45) is 0 Å². The molecule has 0 radical (unpaired) electrons. The van der Waals surface area contributed by atoms with E-state index in [1.165, 1.54) is 7.11 Å². The van der Waals surface area contributed by atoms with Crippen LogP contribution in [0.15, 0.2) is 24.3 Å². The van der Waals surface area contributed by atoms with Crippen LogP contribution in [0.2, 0.25) is 5.02 Å². The van der Waals surface area contributed by atoms with E-state index in [2.05, 4.69) is 9.72 Å². The number of hydrogen-bond donors (Lipinski definition) is 1. The third kappa shape index (κ3) is 1.26. The Balaban J connectivity index is 2.68. The molecule has 0 unspecified atom stereocenters. The number of H-pyrrole nitrogens is 1. The number of methoxy groups -OCH3 is 1. The summed E-state index contributed by atoms with van der Waals surface area (Å²) in [7, 11) is 1.32. The summed E-state index contributed by atoms with van der Waals surface area (Å²) in [4.78, 5) is 14.2. The maximum Gasteiger partial charge on any atom is 0.356 e. The third-order valence-corrected chi connectivity index (χ3v) is 2.42. The maximum atomic E-state index is 11.3. The number of carbonyl (C=O) groups is 1. The van der Waals surface area contributed by atoms with Crippen molar-refractivity contribution in [3.63, 3.8) is 0 Å².